The molecule has 128 valence electrons. The molecule has 3 rings (SSSR count). The monoisotopic (exact) mass is 336 g/mol. The van der Waals surface area contributed by atoms with E-state index < -0.39 is 0 Å². The second-order valence-electron chi connectivity index (χ2n) is 6.07. The van der Waals surface area contributed by atoms with E-state index >= 15 is 0 Å². The van der Waals surface area contributed by atoms with E-state index in [1.807, 2.05) is 42.9 Å². The molecule has 0 spiro atoms. The molecule has 0 unspecified atom stereocenters. The highest BCUT2D eigenvalue weighted by molar-refractivity contribution is 6.10. The molecule has 0 aliphatic rings. The Morgan fingerprint density at radius 1 is 1.16 bits per heavy atom. The molecule has 0 saturated carbocycles. The number of hydrogen-bond acceptors (Lipinski definition) is 4. The SMILES string of the molecule is COc1c(C)cc(C(=O)c2cc(-c3nccn3C)ccc2C)cc1O. The zero-order valence-electron chi connectivity index (χ0n) is 14.7. The lowest BCUT2D eigenvalue weighted by molar-refractivity contribution is 0.103. The third-order valence-corrected chi connectivity index (χ3v) is 4.28. The number of methoxy groups -OCH3 is 1. The number of ketones is 1. The first kappa shape index (κ1) is 16.8. The molecule has 0 aliphatic carbocycles. The van der Waals surface area contributed by atoms with Gasteiger partial charge in [-0.25, -0.2) is 4.98 Å². The Balaban J connectivity index is 2.07. The summed E-state index contributed by atoms with van der Waals surface area (Å²) in [5, 5.41) is 10.1. The van der Waals surface area contributed by atoms with Gasteiger partial charge < -0.3 is 14.4 Å². The summed E-state index contributed by atoms with van der Waals surface area (Å²) in [6, 6.07) is 8.88. The lowest BCUT2D eigenvalue weighted by Gasteiger charge is -2.12. The van der Waals surface area contributed by atoms with Crippen LogP contribution in [-0.4, -0.2) is 27.6 Å². The van der Waals surface area contributed by atoms with Gasteiger partial charge in [-0.2, -0.15) is 0 Å². The van der Waals surface area contributed by atoms with Crippen LogP contribution >= 0.6 is 0 Å². The van der Waals surface area contributed by atoms with Crippen molar-refractivity contribution in [3.63, 3.8) is 0 Å². The van der Waals surface area contributed by atoms with E-state index in [0.717, 1.165) is 17.0 Å². The zero-order chi connectivity index (χ0) is 18.1. The number of phenols is 1. The summed E-state index contributed by atoms with van der Waals surface area (Å²) in [5.41, 5.74) is 3.47. The normalized spacial score (nSPS) is 10.7. The standard InChI is InChI=1S/C20H20N2O3/c1-12-5-6-14(20-21-7-8-22(20)3)10-16(12)18(24)15-9-13(2)19(25-4)17(23)11-15/h5-11,23H,1-4H3. The maximum atomic E-state index is 13.0. The Labute approximate surface area is 146 Å². The number of aromatic hydroxyl groups is 1. The second kappa shape index (κ2) is 6.43. The van der Waals surface area contributed by atoms with Gasteiger partial charge in [-0.05, 0) is 43.2 Å². The second-order valence-corrected chi connectivity index (χ2v) is 6.07. The predicted octanol–water partition coefficient (Wildman–Crippen LogP) is 3.65. The highest BCUT2D eigenvalue weighted by atomic mass is 16.5. The fourth-order valence-electron chi connectivity index (χ4n) is 2.96. The Bertz CT molecular complexity index is 934. The van der Waals surface area contributed by atoms with E-state index in [9.17, 15) is 9.90 Å². The van der Waals surface area contributed by atoms with Gasteiger partial charge in [0.05, 0.1) is 7.11 Å². The molecule has 0 radical (unpaired) electrons. The van der Waals surface area contributed by atoms with Crippen LogP contribution < -0.4 is 4.74 Å². The summed E-state index contributed by atoms with van der Waals surface area (Å²) in [6.45, 7) is 3.69. The van der Waals surface area contributed by atoms with Crippen molar-refractivity contribution in [1.82, 2.24) is 9.55 Å². The number of nitrogens with zero attached hydrogens (tertiary/aromatic N) is 2. The van der Waals surface area contributed by atoms with Gasteiger partial charge >= 0.3 is 0 Å². The summed E-state index contributed by atoms with van der Waals surface area (Å²) in [6.07, 6.45) is 3.59. The van der Waals surface area contributed by atoms with Gasteiger partial charge in [0.15, 0.2) is 17.3 Å². The Kier molecular flexibility index (Phi) is 4.31. The maximum absolute atomic E-state index is 13.0. The van der Waals surface area contributed by atoms with Crippen molar-refractivity contribution in [2.45, 2.75) is 13.8 Å². The van der Waals surface area contributed by atoms with E-state index in [4.69, 9.17) is 4.74 Å². The molecular formula is C20H20N2O3. The number of benzene rings is 2. The molecule has 1 aromatic heterocycles. The van der Waals surface area contributed by atoms with Crippen molar-refractivity contribution in [2.75, 3.05) is 7.11 Å². The minimum absolute atomic E-state index is 0.0382. The fourth-order valence-corrected chi connectivity index (χ4v) is 2.96. The number of imidazole rings is 1. The fraction of sp³-hybridized carbons (Fsp3) is 0.200. The van der Waals surface area contributed by atoms with E-state index in [2.05, 4.69) is 4.98 Å². The topological polar surface area (TPSA) is 64.3 Å². The van der Waals surface area contributed by atoms with Crippen LogP contribution in [-0.2, 0) is 7.05 Å². The number of aromatic nitrogens is 2. The van der Waals surface area contributed by atoms with Crippen molar-refractivity contribution in [2.24, 2.45) is 7.05 Å². The van der Waals surface area contributed by atoms with Gasteiger partial charge in [-0.1, -0.05) is 12.1 Å². The van der Waals surface area contributed by atoms with Gasteiger partial charge in [-0.15, -0.1) is 0 Å². The van der Waals surface area contributed by atoms with E-state index in [-0.39, 0.29) is 11.5 Å². The van der Waals surface area contributed by atoms with Gasteiger partial charge in [0.2, 0.25) is 0 Å². The molecule has 1 heterocycles. The molecule has 0 fully saturated rings. The summed E-state index contributed by atoms with van der Waals surface area (Å²) in [5.74, 6) is 0.996. The van der Waals surface area contributed by atoms with Crippen molar-refractivity contribution >= 4 is 5.78 Å². The third-order valence-electron chi connectivity index (χ3n) is 4.28. The molecule has 0 atom stereocenters. The number of rotatable bonds is 4. The van der Waals surface area contributed by atoms with E-state index in [1.54, 1.807) is 19.2 Å². The molecule has 2 aromatic carbocycles. The van der Waals surface area contributed by atoms with Crippen molar-refractivity contribution in [1.29, 1.82) is 0 Å². The molecule has 0 aliphatic heterocycles. The van der Waals surface area contributed by atoms with Crippen molar-refractivity contribution in [3.05, 3.63) is 65.0 Å². The Morgan fingerprint density at radius 2 is 1.92 bits per heavy atom. The smallest absolute Gasteiger partial charge is 0.193 e. The summed E-state index contributed by atoms with van der Waals surface area (Å²) in [4.78, 5) is 17.3. The van der Waals surface area contributed by atoms with Crippen LogP contribution in [0.25, 0.3) is 11.4 Å². The molecular weight excluding hydrogens is 316 g/mol. The van der Waals surface area contributed by atoms with Crippen LogP contribution in [0.5, 0.6) is 11.5 Å². The van der Waals surface area contributed by atoms with Crippen molar-refractivity contribution in [3.8, 4) is 22.9 Å². The first-order valence-corrected chi connectivity index (χ1v) is 7.93. The molecule has 5 heteroatoms. The molecule has 0 amide bonds. The highest BCUT2D eigenvalue weighted by Gasteiger charge is 2.17. The highest BCUT2D eigenvalue weighted by Crippen LogP contribution is 2.32. The quantitative estimate of drug-likeness (QED) is 0.739. The Hall–Kier alpha value is -3.08. The molecule has 0 bridgehead atoms. The van der Waals surface area contributed by atoms with Crippen LogP contribution in [0, 0.1) is 13.8 Å². The van der Waals surface area contributed by atoms with Crippen LogP contribution in [0.4, 0.5) is 0 Å². The lowest BCUT2D eigenvalue weighted by Crippen LogP contribution is -2.05. The predicted molar refractivity (Wildman–Crippen MR) is 96.2 cm³/mol. The zero-order valence-corrected chi connectivity index (χ0v) is 14.7. The van der Waals surface area contributed by atoms with Gasteiger partial charge in [0.25, 0.3) is 0 Å². The van der Waals surface area contributed by atoms with Crippen LogP contribution in [0.2, 0.25) is 0 Å². The van der Waals surface area contributed by atoms with Crippen molar-refractivity contribution < 1.29 is 14.6 Å². The number of carbonyl (C=O) groups excluding carboxylic acids is 1. The average molecular weight is 336 g/mol. The molecule has 5 nitrogen and oxygen atoms in total. The Morgan fingerprint density at radius 3 is 2.52 bits per heavy atom. The van der Waals surface area contributed by atoms with Crippen LogP contribution in [0.15, 0.2) is 42.7 Å². The largest absolute Gasteiger partial charge is 0.504 e. The summed E-state index contributed by atoms with van der Waals surface area (Å²) in [7, 11) is 3.40. The minimum Gasteiger partial charge on any atom is -0.504 e. The number of aryl methyl sites for hydroxylation is 3. The lowest BCUT2D eigenvalue weighted by atomic mass is 9.95. The molecule has 3 aromatic rings. The van der Waals surface area contributed by atoms with Crippen LogP contribution in [0.1, 0.15) is 27.0 Å². The minimum atomic E-state index is -0.144. The number of ether oxygens (including phenoxy) is 1. The number of carbonyl (C=O) groups is 1. The molecule has 1 N–H and O–H groups in total. The first-order chi connectivity index (χ1) is 11.9. The average Bonchev–Trinajstić information content (AvgIpc) is 3.00. The van der Waals surface area contributed by atoms with E-state index in [1.165, 1.54) is 13.2 Å². The third kappa shape index (κ3) is 3.01. The van der Waals surface area contributed by atoms with Crippen LogP contribution in [0.3, 0.4) is 0 Å². The van der Waals surface area contributed by atoms with Gasteiger partial charge in [-0.3, -0.25) is 4.79 Å². The van der Waals surface area contributed by atoms with Gasteiger partial charge in [0, 0.05) is 36.1 Å². The maximum Gasteiger partial charge on any atom is 0.193 e. The molecule has 25 heavy (non-hydrogen) atoms. The van der Waals surface area contributed by atoms with Gasteiger partial charge in [0.1, 0.15) is 5.82 Å². The summed E-state index contributed by atoms with van der Waals surface area (Å²) >= 11 is 0. The molecule has 0 saturated heterocycles. The van der Waals surface area contributed by atoms with E-state index in [0.29, 0.717) is 22.4 Å². The number of hydrogen-bond donors (Lipinski definition) is 1. The first-order valence-electron chi connectivity index (χ1n) is 7.93. The summed E-state index contributed by atoms with van der Waals surface area (Å²) < 4.78 is 7.05. The number of phenolic OH excluding ortho intramolecular Hbond substituents is 1.